The van der Waals surface area contributed by atoms with E-state index >= 15 is 0 Å². The third-order valence-electron chi connectivity index (χ3n) is 2.57. The van der Waals surface area contributed by atoms with E-state index < -0.39 is 0 Å². The van der Waals surface area contributed by atoms with Crippen LogP contribution in [-0.4, -0.2) is 41.7 Å². The van der Waals surface area contributed by atoms with Crippen LogP contribution < -0.4 is 5.32 Å². The molecule has 2 amide bonds. The highest BCUT2D eigenvalue weighted by Crippen LogP contribution is 2.10. The summed E-state index contributed by atoms with van der Waals surface area (Å²) in [6.45, 7) is 1.23. The average Bonchev–Trinajstić information content (AvgIpc) is 2.29. The highest BCUT2D eigenvalue weighted by atomic mass is 35.5. The van der Waals surface area contributed by atoms with Gasteiger partial charge >= 0.3 is 0 Å². The minimum Gasteiger partial charge on any atom is -0.352 e. The van der Waals surface area contributed by atoms with Crippen LogP contribution in [0.5, 0.6) is 0 Å². The van der Waals surface area contributed by atoms with Crippen molar-refractivity contribution >= 4 is 23.4 Å². The highest BCUT2D eigenvalue weighted by molar-refractivity contribution is 6.27. The van der Waals surface area contributed by atoms with Crippen molar-refractivity contribution in [2.45, 2.75) is 25.3 Å². The first-order chi connectivity index (χ1) is 7.67. The van der Waals surface area contributed by atoms with E-state index in [1.165, 1.54) is 0 Å². The third kappa shape index (κ3) is 3.70. The van der Waals surface area contributed by atoms with Crippen LogP contribution in [0.4, 0.5) is 0 Å². The standard InChI is InChI=1S/C10H14ClN3O2/c11-7-10(16)14-5-2-8(3-6-14)13-9(15)1-4-12/h8H,1-3,5-7H2,(H,13,15). The number of piperidine rings is 1. The summed E-state index contributed by atoms with van der Waals surface area (Å²) in [6, 6.07) is 1.87. The Labute approximate surface area is 99.3 Å². The molecule has 0 saturated carbocycles. The van der Waals surface area contributed by atoms with Gasteiger partial charge in [0.2, 0.25) is 11.8 Å². The lowest BCUT2D eigenvalue weighted by molar-refractivity contribution is -0.129. The van der Waals surface area contributed by atoms with Crippen LogP contribution in [0.2, 0.25) is 0 Å². The topological polar surface area (TPSA) is 73.2 Å². The number of rotatable bonds is 3. The minimum absolute atomic E-state index is 0.00541. The van der Waals surface area contributed by atoms with Gasteiger partial charge in [-0.2, -0.15) is 5.26 Å². The Morgan fingerprint density at radius 3 is 2.56 bits per heavy atom. The van der Waals surface area contributed by atoms with E-state index in [0.717, 1.165) is 12.8 Å². The lowest BCUT2D eigenvalue weighted by atomic mass is 10.0. The fourth-order valence-electron chi connectivity index (χ4n) is 1.71. The van der Waals surface area contributed by atoms with E-state index in [9.17, 15) is 9.59 Å². The molecule has 0 radical (unpaired) electrons. The molecule has 0 unspecified atom stereocenters. The number of carbonyl (C=O) groups is 2. The van der Waals surface area contributed by atoms with Gasteiger partial charge in [-0.1, -0.05) is 0 Å². The smallest absolute Gasteiger partial charge is 0.237 e. The number of hydrogen-bond acceptors (Lipinski definition) is 3. The summed E-state index contributed by atoms with van der Waals surface area (Å²) < 4.78 is 0. The summed E-state index contributed by atoms with van der Waals surface area (Å²) in [4.78, 5) is 24.1. The van der Waals surface area contributed by atoms with E-state index in [4.69, 9.17) is 16.9 Å². The Balaban J connectivity index is 2.30. The lowest BCUT2D eigenvalue weighted by Crippen LogP contribution is -2.46. The fourth-order valence-corrected chi connectivity index (χ4v) is 1.88. The Morgan fingerprint density at radius 1 is 1.44 bits per heavy atom. The van der Waals surface area contributed by atoms with E-state index in [2.05, 4.69) is 5.32 Å². The van der Waals surface area contributed by atoms with Crippen LogP contribution >= 0.6 is 11.6 Å². The van der Waals surface area contributed by atoms with Gasteiger partial charge in [0.1, 0.15) is 12.3 Å². The molecule has 1 fully saturated rings. The van der Waals surface area contributed by atoms with Crippen LogP contribution in [0, 0.1) is 11.3 Å². The molecule has 0 aromatic rings. The molecule has 6 heteroatoms. The van der Waals surface area contributed by atoms with E-state index in [-0.39, 0.29) is 30.2 Å². The number of nitriles is 1. The third-order valence-corrected chi connectivity index (χ3v) is 2.80. The molecule has 0 atom stereocenters. The Kier molecular flexibility index (Phi) is 5.06. The Hall–Kier alpha value is -1.28. The van der Waals surface area contributed by atoms with Crippen molar-refractivity contribution in [3.05, 3.63) is 0 Å². The van der Waals surface area contributed by atoms with Crippen molar-refractivity contribution < 1.29 is 9.59 Å². The van der Waals surface area contributed by atoms with Crippen LogP contribution in [0.15, 0.2) is 0 Å². The van der Waals surface area contributed by atoms with Crippen molar-refractivity contribution in [3.63, 3.8) is 0 Å². The quantitative estimate of drug-likeness (QED) is 0.722. The van der Waals surface area contributed by atoms with Crippen molar-refractivity contribution in [1.29, 1.82) is 5.26 Å². The summed E-state index contributed by atoms with van der Waals surface area (Å²) in [5, 5.41) is 11.1. The van der Waals surface area contributed by atoms with E-state index in [1.807, 2.05) is 0 Å². The molecule has 1 heterocycles. The number of nitrogens with one attached hydrogen (secondary N) is 1. The fraction of sp³-hybridized carbons (Fsp3) is 0.700. The summed E-state index contributed by atoms with van der Waals surface area (Å²) in [5.41, 5.74) is 0. The molecule has 1 N–H and O–H groups in total. The summed E-state index contributed by atoms with van der Waals surface area (Å²) in [6.07, 6.45) is 1.33. The van der Waals surface area contributed by atoms with Gasteiger partial charge in [0.05, 0.1) is 6.07 Å². The number of carbonyl (C=O) groups excluding carboxylic acids is 2. The number of nitrogens with zero attached hydrogens (tertiary/aromatic N) is 2. The summed E-state index contributed by atoms with van der Waals surface area (Å²) >= 11 is 5.45. The molecule has 1 saturated heterocycles. The van der Waals surface area contributed by atoms with Crippen LogP contribution in [0.25, 0.3) is 0 Å². The minimum atomic E-state index is -0.246. The molecule has 0 aliphatic carbocycles. The molecule has 0 aromatic carbocycles. The van der Waals surface area contributed by atoms with Gasteiger partial charge in [-0.25, -0.2) is 0 Å². The molecular formula is C10H14ClN3O2. The van der Waals surface area contributed by atoms with Crippen molar-refractivity contribution in [2.24, 2.45) is 0 Å². The van der Waals surface area contributed by atoms with Gasteiger partial charge in [0.15, 0.2) is 0 Å². The molecule has 1 rings (SSSR count). The molecular weight excluding hydrogens is 230 g/mol. The first-order valence-corrected chi connectivity index (χ1v) is 5.71. The van der Waals surface area contributed by atoms with Gasteiger partial charge in [-0.3, -0.25) is 9.59 Å². The number of likely N-dealkylation sites (tertiary alicyclic amines) is 1. The maximum Gasteiger partial charge on any atom is 0.237 e. The van der Waals surface area contributed by atoms with Gasteiger partial charge in [0.25, 0.3) is 0 Å². The lowest BCUT2D eigenvalue weighted by Gasteiger charge is -2.31. The first-order valence-electron chi connectivity index (χ1n) is 5.17. The summed E-state index contributed by atoms with van der Waals surface area (Å²) in [5.74, 6) is -0.307. The number of amides is 2. The van der Waals surface area contributed by atoms with Crippen molar-refractivity contribution in [1.82, 2.24) is 10.2 Å². The largest absolute Gasteiger partial charge is 0.352 e. The van der Waals surface area contributed by atoms with Gasteiger partial charge in [-0.05, 0) is 12.8 Å². The average molecular weight is 244 g/mol. The molecule has 1 aliphatic rings. The van der Waals surface area contributed by atoms with E-state index in [1.54, 1.807) is 11.0 Å². The monoisotopic (exact) mass is 243 g/mol. The molecule has 88 valence electrons. The van der Waals surface area contributed by atoms with Crippen molar-refractivity contribution in [3.8, 4) is 6.07 Å². The second-order valence-electron chi connectivity index (χ2n) is 3.69. The summed E-state index contributed by atoms with van der Waals surface area (Å²) in [7, 11) is 0. The maximum atomic E-state index is 11.3. The van der Waals surface area contributed by atoms with Gasteiger partial charge in [0, 0.05) is 19.1 Å². The molecule has 1 aliphatic heterocycles. The molecule has 16 heavy (non-hydrogen) atoms. The van der Waals surface area contributed by atoms with Crippen LogP contribution in [0.1, 0.15) is 19.3 Å². The normalized spacial score (nSPS) is 16.6. The zero-order valence-electron chi connectivity index (χ0n) is 8.91. The predicted octanol–water partition coefficient (Wildman–Crippen LogP) is 0.246. The number of hydrogen-bond donors (Lipinski definition) is 1. The number of alkyl halides is 1. The number of halogens is 1. The van der Waals surface area contributed by atoms with E-state index in [0.29, 0.717) is 13.1 Å². The Morgan fingerprint density at radius 2 is 2.06 bits per heavy atom. The zero-order valence-corrected chi connectivity index (χ0v) is 9.66. The Bertz CT molecular complexity index is 306. The van der Waals surface area contributed by atoms with Crippen molar-refractivity contribution in [2.75, 3.05) is 19.0 Å². The second-order valence-corrected chi connectivity index (χ2v) is 3.96. The molecule has 0 spiro atoms. The van der Waals surface area contributed by atoms with Gasteiger partial charge < -0.3 is 10.2 Å². The SMILES string of the molecule is N#CCC(=O)NC1CCN(C(=O)CCl)CC1. The highest BCUT2D eigenvalue weighted by Gasteiger charge is 2.22. The van der Waals surface area contributed by atoms with Crippen LogP contribution in [0.3, 0.4) is 0 Å². The van der Waals surface area contributed by atoms with Crippen LogP contribution in [-0.2, 0) is 9.59 Å². The first kappa shape index (κ1) is 12.8. The molecule has 0 aromatic heterocycles. The zero-order chi connectivity index (χ0) is 12.0. The molecule has 5 nitrogen and oxygen atoms in total. The maximum absolute atomic E-state index is 11.3. The second kappa shape index (κ2) is 6.33. The molecule has 0 bridgehead atoms. The van der Waals surface area contributed by atoms with Gasteiger partial charge in [-0.15, -0.1) is 11.6 Å². The predicted molar refractivity (Wildman–Crippen MR) is 58.7 cm³/mol.